The molecule has 7 heteroatoms. The quantitative estimate of drug-likeness (QED) is 0.186. The van der Waals surface area contributed by atoms with Crippen molar-refractivity contribution in [1.29, 1.82) is 0 Å². The number of hydrogen-bond donors (Lipinski definition) is 3. The van der Waals surface area contributed by atoms with E-state index >= 15 is 0 Å². The molecule has 0 fully saturated rings. The Morgan fingerprint density at radius 1 is 0.800 bits per heavy atom. The first kappa shape index (κ1) is 31.2. The highest BCUT2D eigenvalue weighted by molar-refractivity contribution is 5.85. The minimum absolute atomic E-state index is 0.0361. The molecule has 7 nitrogen and oxygen atoms in total. The molecule has 0 unspecified atom stereocenters. The Labute approximate surface area is 239 Å². The van der Waals surface area contributed by atoms with Crippen LogP contribution in [0.5, 0.6) is 0 Å². The molecule has 1 aliphatic carbocycles. The minimum Gasteiger partial charge on any atom is -0.449 e. The predicted molar refractivity (Wildman–Crippen MR) is 160 cm³/mol. The second-order valence-electron chi connectivity index (χ2n) is 10.7. The van der Waals surface area contributed by atoms with Gasteiger partial charge in [-0.1, -0.05) is 100 Å². The molecule has 218 valence electrons. The number of unbranched alkanes of at least 4 members (excludes halogenated alkanes) is 8. The predicted octanol–water partition coefficient (Wildman–Crippen LogP) is 6.46. The topological polar surface area (TPSA) is 96.5 Å². The number of fused-ring (bicyclic) bond motifs is 3. The van der Waals surface area contributed by atoms with E-state index in [1.54, 1.807) is 7.05 Å². The van der Waals surface area contributed by atoms with Gasteiger partial charge in [0.05, 0.1) is 0 Å². The van der Waals surface area contributed by atoms with Crippen molar-refractivity contribution in [1.82, 2.24) is 16.0 Å². The van der Waals surface area contributed by atoms with Gasteiger partial charge >= 0.3 is 6.09 Å². The summed E-state index contributed by atoms with van der Waals surface area (Å²) in [4.78, 5) is 37.2. The van der Waals surface area contributed by atoms with Crippen LogP contribution in [0, 0.1) is 0 Å². The maximum atomic E-state index is 12.7. The van der Waals surface area contributed by atoms with E-state index in [2.05, 4.69) is 47.1 Å². The van der Waals surface area contributed by atoms with Crippen LogP contribution in [0.15, 0.2) is 48.5 Å². The Balaban J connectivity index is 1.34. The minimum atomic E-state index is -0.686. The van der Waals surface area contributed by atoms with E-state index in [-0.39, 0.29) is 24.3 Å². The molecule has 3 amide bonds. The molecule has 0 saturated carbocycles. The van der Waals surface area contributed by atoms with Crippen LogP contribution in [0.25, 0.3) is 11.1 Å². The maximum absolute atomic E-state index is 12.7. The lowest BCUT2D eigenvalue weighted by molar-refractivity contribution is -0.123. The Morgan fingerprint density at radius 2 is 1.40 bits per heavy atom. The fourth-order valence-corrected chi connectivity index (χ4v) is 5.43. The molecule has 0 saturated heterocycles. The van der Waals surface area contributed by atoms with Crippen molar-refractivity contribution >= 4 is 17.9 Å². The summed E-state index contributed by atoms with van der Waals surface area (Å²) in [6, 6.07) is 15.7. The Bertz CT molecular complexity index is 1040. The standard InChI is InChI=1S/C33H47N3O4/c1-3-4-5-6-7-8-9-10-22-31(37)35-23-16-15-21-30(32(38)34-2)36-33(39)40-24-29-27-19-13-11-17-25(27)26-18-12-14-20-28(26)29/h11-14,17-20,29-30H,3-10,15-16,21-24H2,1-2H3,(H,34,38)(H,35,37)(H,36,39)/t30-/m1/s1. The second-order valence-corrected chi connectivity index (χ2v) is 10.7. The molecule has 3 N–H and O–H groups in total. The van der Waals surface area contributed by atoms with Gasteiger partial charge in [0, 0.05) is 25.9 Å². The number of amides is 3. The summed E-state index contributed by atoms with van der Waals surface area (Å²) in [6.07, 6.45) is 11.6. The van der Waals surface area contributed by atoms with Crippen molar-refractivity contribution in [2.24, 2.45) is 0 Å². The Kier molecular flexibility index (Phi) is 13.5. The summed E-state index contributed by atoms with van der Waals surface area (Å²) in [5.74, 6) is -0.205. The Morgan fingerprint density at radius 3 is 2.02 bits per heavy atom. The van der Waals surface area contributed by atoms with E-state index in [9.17, 15) is 14.4 Å². The summed E-state index contributed by atoms with van der Waals surface area (Å²) in [5.41, 5.74) is 4.62. The highest BCUT2D eigenvalue weighted by atomic mass is 16.5. The number of hydrogen-bond acceptors (Lipinski definition) is 4. The molecule has 40 heavy (non-hydrogen) atoms. The zero-order valence-electron chi connectivity index (χ0n) is 24.3. The van der Waals surface area contributed by atoms with Gasteiger partial charge in [0.1, 0.15) is 12.6 Å². The fourth-order valence-electron chi connectivity index (χ4n) is 5.43. The number of alkyl carbamates (subject to hydrolysis) is 1. The van der Waals surface area contributed by atoms with Gasteiger partial charge < -0.3 is 20.7 Å². The summed E-state index contributed by atoms with van der Waals surface area (Å²) >= 11 is 0. The second kappa shape index (κ2) is 17.4. The van der Waals surface area contributed by atoms with Gasteiger partial charge in [0.15, 0.2) is 0 Å². The van der Waals surface area contributed by atoms with E-state index in [0.717, 1.165) is 30.4 Å². The lowest BCUT2D eigenvalue weighted by atomic mass is 9.98. The highest BCUT2D eigenvalue weighted by Gasteiger charge is 2.29. The van der Waals surface area contributed by atoms with Gasteiger partial charge in [-0.2, -0.15) is 0 Å². The first-order chi connectivity index (χ1) is 19.5. The van der Waals surface area contributed by atoms with E-state index in [1.165, 1.54) is 49.7 Å². The molecule has 0 heterocycles. The van der Waals surface area contributed by atoms with Crippen molar-refractivity contribution in [3.63, 3.8) is 0 Å². The average molecular weight is 550 g/mol. The van der Waals surface area contributed by atoms with Gasteiger partial charge in [-0.3, -0.25) is 9.59 Å². The van der Waals surface area contributed by atoms with Gasteiger partial charge in [0.2, 0.25) is 11.8 Å². The van der Waals surface area contributed by atoms with Crippen LogP contribution in [0.3, 0.4) is 0 Å². The van der Waals surface area contributed by atoms with Crippen molar-refractivity contribution in [2.75, 3.05) is 20.2 Å². The zero-order valence-corrected chi connectivity index (χ0v) is 24.3. The van der Waals surface area contributed by atoms with Crippen LogP contribution in [-0.4, -0.2) is 44.1 Å². The van der Waals surface area contributed by atoms with Crippen LogP contribution in [-0.2, 0) is 14.3 Å². The van der Waals surface area contributed by atoms with Crippen molar-refractivity contribution in [3.8, 4) is 11.1 Å². The molecule has 2 aromatic rings. The number of likely N-dealkylation sites (N-methyl/N-ethyl adjacent to an activating group) is 1. The smallest absolute Gasteiger partial charge is 0.407 e. The lowest BCUT2D eigenvalue weighted by Gasteiger charge is -2.19. The van der Waals surface area contributed by atoms with Gasteiger partial charge in [-0.05, 0) is 47.9 Å². The number of carbonyl (C=O) groups is 3. The summed E-state index contributed by atoms with van der Waals surface area (Å²) in [7, 11) is 1.56. The number of ether oxygens (including phenoxy) is 1. The van der Waals surface area contributed by atoms with Gasteiger partial charge in [-0.25, -0.2) is 4.79 Å². The van der Waals surface area contributed by atoms with Crippen molar-refractivity contribution < 1.29 is 19.1 Å². The summed E-state index contributed by atoms with van der Waals surface area (Å²) in [5, 5.41) is 8.33. The molecule has 0 bridgehead atoms. The van der Waals surface area contributed by atoms with Crippen molar-refractivity contribution in [3.05, 3.63) is 59.7 Å². The first-order valence-corrected chi connectivity index (χ1v) is 15.1. The fraction of sp³-hybridized carbons (Fsp3) is 0.545. The van der Waals surface area contributed by atoms with Crippen LogP contribution in [0.2, 0.25) is 0 Å². The van der Waals surface area contributed by atoms with Crippen LogP contribution in [0.1, 0.15) is 101 Å². The van der Waals surface area contributed by atoms with Gasteiger partial charge in [-0.15, -0.1) is 0 Å². The molecule has 2 aromatic carbocycles. The molecule has 0 spiro atoms. The molecule has 0 radical (unpaired) electrons. The first-order valence-electron chi connectivity index (χ1n) is 15.1. The monoisotopic (exact) mass is 549 g/mol. The largest absolute Gasteiger partial charge is 0.449 e. The molecule has 0 aliphatic heterocycles. The molecule has 1 atom stereocenters. The number of benzene rings is 2. The maximum Gasteiger partial charge on any atom is 0.407 e. The third-order valence-corrected chi connectivity index (χ3v) is 7.70. The normalized spacial score (nSPS) is 12.8. The van der Waals surface area contributed by atoms with E-state index in [4.69, 9.17) is 4.74 Å². The van der Waals surface area contributed by atoms with E-state index < -0.39 is 12.1 Å². The van der Waals surface area contributed by atoms with Crippen LogP contribution in [0.4, 0.5) is 4.79 Å². The van der Waals surface area contributed by atoms with E-state index in [0.29, 0.717) is 25.8 Å². The lowest BCUT2D eigenvalue weighted by Crippen LogP contribution is -2.46. The van der Waals surface area contributed by atoms with Gasteiger partial charge in [0.25, 0.3) is 0 Å². The number of rotatable bonds is 18. The Hall–Kier alpha value is -3.35. The van der Waals surface area contributed by atoms with E-state index in [1.807, 2.05) is 24.3 Å². The number of carbonyl (C=O) groups excluding carboxylic acids is 3. The number of nitrogens with one attached hydrogen (secondary N) is 3. The summed E-state index contributed by atoms with van der Waals surface area (Å²) in [6.45, 7) is 3.00. The molecule has 3 rings (SSSR count). The third kappa shape index (κ3) is 9.68. The zero-order chi connectivity index (χ0) is 28.6. The average Bonchev–Trinajstić information content (AvgIpc) is 3.29. The highest BCUT2D eigenvalue weighted by Crippen LogP contribution is 2.44. The molecule has 1 aliphatic rings. The van der Waals surface area contributed by atoms with Crippen LogP contribution >= 0.6 is 0 Å². The molecular formula is C33H47N3O4. The van der Waals surface area contributed by atoms with Crippen LogP contribution < -0.4 is 16.0 Å². The molecular weight excluding hydrogens is 502 g/mol. The molecule has 0 aromatic heterocycles. The third-order valence-electron chi connectivity index (χ3n) is 7.70. The van der Waals surface area contributed by atoms with Crippen molar-refractivity contribution in [2.45, 2.75) is 95.9 Å². The SMILES string of the molecule is CCCCCCCCCCC(=O)NCCCC[C@@H](NC(=O)OCC1c2ccccc2-c2ccccc21)C(=O)NC. The summed E-state index contributed by atoms with van der Waals surface area (Å²) < 4.78 is 5.62.